The number of ketones is 1. The Hall–Kier alpha value is -2.84. The van der Waals surface area contributed by atoms with Crippen molar-refractivity contribution in [2.45, 2.75) is 32.1 Å². The standard InChI is InChI=1S/C22H23ClFN5O2/c1-13-15(11-30)7-18(20(13)24)28-22-17(8-25-12-26-22)21(31)14-5-6-29(9-14)10-16-3-2-4-19(23)27-16/h2-6,8-9,12-13,15,18,20,30H,7,10-11H2,1H3,(H,25,26,28)/t13-,15-,18-,20+/m1/s1. The zero-order valence-corrected chi connectivity index (χ0v) is 17.7. The number of hydrogen-bond acceptors (Lipinski definition) is 6. The van der Waals surface area contributed by atoms with Crippen molar-refractivity contribution < 1.29 is 14.3 Å². The predicted octanol–water partition coefficient (Wildman–Crippen LogP) is 3.37. The fourth-order valence-corrected chi connectivity index (χ4v) is 4.20. The summed E-state index contributed by atoms with van der Waals surface area (Å²) >= 11 is 5.94. The fraction of sp³-hybridized carbons (Fsp3) is 0.364. The number of nitrogens with one attached hydrogen (secondary N) is 1. The average molecular weight is 444 g/mol. The van der Waals surface area contributed by atoms with Crippen LogP contribution in [0.4, 0.5) is 10.2 Å². The minimum atomic E-state index is -1.14. The van der Waals surface area contributed by atoms with Crippen LogP contribution in [0.25, 0.3) is 0 Å². The molecule has 1 aliphatic carbocycles. The van der Waals surface area contributed by atoms with Crippen molar-refractivity contribution in [3.8, 4) is 0 Å². The van der Waals surface area contributed by atoms with Crippen LogP contribution in [0.3, 0.4) is 0 Å². The summed E-state index contributed by atoms with van der Waals surface area (Å²) in [6.07, 6.45) is 5.60. The van der Waals surface area contributed by atoms with E-state index in [4.69, 9.17) is 11.6 Å². The van der Waals surface area contributed by atoms with Gasteiger partial charge >= 0.3 is 0 Å². The molecule has 1 saturated carbocycles. The summed E-state index contributed by atoms with van der Waals surface area (Å²) in [6.45, 7) is 2.19. The second-order valence-corrected chi connectivity index (χ2v) is 8.26. The van der Waals surface area contributed by atoms with E-state index in [0.29, 0.717) is 29.5 Å². The average Bonchev–Trinajstić information content (AvgIpc) is 3.33. The molecule has 3 aromatic rings. The second kappa shape index (κ2) is 9.11. The summed E-state index contributed by atoms with van der Waals surface area (Å²) in [4.78, 5) is 25.5. The molecule has 0 unspecified atom stereocenters. The third-order valence-corrected chi connectivity index (χ3v) is 6.04. The molecule has 4 rings (SSSR count). The molecule has 0 radical (unpaired) electrons. The van der Waals surface area contributed by atoms with Crippen LogP contribution in [0, 0.1) is 11.8 Å². The van der Waals surface area contributed by atoms with Gasteiger partial charge in [-0.2, -0.15) is 0 Å². The molecule has 7 nitrogen and oxygen atoms in total. The number of carbonyl (C=O) groups excluding carboxylic acids is 1. The first-order valence-corrected chi connectivity index (χ1v) is 10.5. The number of anilines is 1. The van der Waals surface area contributed by atoms with Crippen LogP contribution in [0.5, 0.6) is 0 Å². The number of aromatic nitrogens is 4. The number of hydrogen-bond donors (Lipinski definition) is 2. The number of carbonyl (C=O) groups is 1. The van der Waals surface area contributed by atoms with Gasteiger partial charge in [-0.3, -0.25) is 4.79 Å². The van der Waals surface area contributed by atoms with Gasteiger partial charge in [0.05, 0.1) is 23.8 Å². The van der Waals surface area contributed by atoms with E-state index in [2.05, 4.69) is 20.3 Å². The Bertz CT molecular complexity index is 1080. The van der Waals surface area contributed by atoms with Crippen molar-refractivity contribution in [1.82, 2.24) is 19.5 Å². The van der Waals surface area contributed by atoms with Crippen LogP contribution >= 0.6 is 11.6 Å². The summed E-state index contributed by atoms with van der Waals surface area (Å²) in [5, 5.41) is 12.9. The van der Waals surface area contributed by atoms with Crippen molar-refractivity contribution >= 4 is 23.2 Å². The summed E-state index contributed by atoms with van der Waals surface area (Å²) in [5.74, 6) is -0.357. The minimum Gasteiger partial charge on any atom is -0.396 e. The lowest BCUT2D eigenvalue weighted by Gasteiger charge is -2.18. The highest BCUT2D eigenvalue weighted by Crippen LogP contribution is 2.36. The first-order valence-electron chi connectivity index (χ1n) is 10.1. The third-order valence-electron chi connectivity index (χ3n) is 5.83. The summed E-state index contributed by atoms with van der Waals surface area (Å²) in [5.41, 5.74) is 1.51. The monoisotopic (exact) mass is 443 g/mol. The maximum atomic E-state index is 14.7. The Kier molecular flexibility index (Phi) is 6.29. The van der Waals surface area contributed by atoms with Gasteiger partial charge in [-0.15, -0.1) is 0 Å². The lowest BCUT2D eigenvalue weighted by atomic mass is 9.99. The van der Waals surface area contributed by atoms with Crippen LogP contribution in [-0.2, 0) is 6.54 Å². The Morgan fingerprint density at radius 2 is 2.23 bits per heavy atom. The smallest absolute Gasteiger partial charge is 0.199 e. The molecule has 31 heavy (non-hydrogen) atoms. The number of aliphatic hydroxyl groups is 1. The maximum Gasteiger partial charge on any atom is 0.199 e. The highest BCUT2D eigenvalue weighted by molar-refractivity contribution is 6.29. The van der Waals surface area contributed by atoms with Crippen molar-refractivity contribution in [2.75, 3.05) is 11.9 Å². The van der Waals surface area contributed by atoms with Crippen molar-refractivity contribution in [1.29, 1.82) is 0 Å². The lowest BCUT2D eigenvalue weighted by molar-refractivity contribution is 0.103. The minimum absolute atomic E-state index is 0.0652. The molecule has 3 heterocycles. The highest BCUT2D eigenvalue weighted by atomic mass is 35.5. The van der Waals surface area contributed by atoms with Gasteiger partial charge in [-0.05, 0) is 36.5 Å². The summed E-state index contributed by atoms with van der Waals surface area (Å²) in [7, 11) is 0. The molecular formula is C22H23ClFN5O2. The number of halogens is 2. The van der Waals surface area contributed by atoms with E-state index in [0.717, 1.165) is 5.69 Å². The van der Waals surface area contributed by atoms with E-state index >= 15 is 0 Å². The van der Waals surface area contributed by atoms with Gasteiger partial charge in [-0.1, -0.05) is 24.6 Å². The molecule has 0 bridgehead atoms. The molecule has 0 amide bonds. The zero-order valence-electron chi connectivity index (χ0n) is 16.9. The molecule has 162 valence electrons. The quantitative estimate of drug-likeness (QED) is 0.429. The molecule has 4 atom stereocenters. The third kappa shape index (κ3) is 4.60. The van der Waals surface area contributed by atoms with E-state index < -0.39 is 12.2 Å². The van der Waals surface area contributed by atoms with Gasteiger partial charge < -0.3 is 15.0 Å². The first-order chi connectivity index (χ1) is 15.0. The van der Waals surface area contributed by atoms with E-state index in [1.165, 1.54) is 12.5 Å². The summed E-state index contributed by atoms with van der Waals surface area (Å²) in [6, 6.07) is 6.57. The Labute approximate surface area is 184 Å². The number of pyridine rings is 1. The van der Waals surface area contributed by atoms with Gasteiger partial charge in [0.2, 0.25) is 0 Å². The van der Waals surface area contributed by atoms with Gasteiger partial charge in [0, 0.05) is 30.8 Å². The molecule has 1 fully saturated rings. The van der Waals surface area contributed by atoms with Crippen molar-refractivity contribution in [3.63, 3.8) is 0 Å². The van der Waals surface area contributed by atoms with Crippen molar-refractivity contribution in [3.05, 3.63) is 71.2 Å². The Balaban J connectivity index is 1.52. The second-order valence-electron chi connectivity index (χ2n) is 7.87. The molecule has 0 spiro atoms. The zero-order chi connectivity index (χ0) is 22.0. The molecule has 3 aromatic heterocycles. The predicted molar refractivity (Wildman–Crippen MR) is 115 cm³/mol. The summed E-state index contributed by atoms with van der Waals surface area (Å²) < 4.78 is 16.5. The largest absolute Gasteiger partial charge is 0.396 e. The molecule has 1 aliphatic rings. The number of nitrogens with zero attached hydrogens (tertiary/aromatic N) is 4. The SMILES string of the molecule is C[C@@H]1[C@@H](CO)C[C@@H](Nc2ncncc2C(=O)c2ccn(Cc3cccc(Cl)n3)c2)[C@H]1F. The van der Waals surface area contributed by atoms with E-state index in [1.807, 2.05) is 16.7 Å². The first kappa shape index (κ1) is 21.4. The van der Waals surface area contributed by atoms with E-state index in [1.54, 1.807) is 31.5 Å². The van der Waals surface area contributed by atoms with Gasteiger partial charge in [0.15, 0.2) is 5.78 Å². The fourth-order valence-electron chi connectivity index (χ4n) is 4.02. The topological polar surface area (TPSA) is 92.9 Å². The maximum absolute atomic E-state index is 14.7. The van der Waals surface area contributed by atoms with Crippen LogP contribution in [-0.4, -0.2) is 49.2 Å². The molecule has 9 heteroatoms. The number of rotatable bonds is 7. The molecular weight excluding hydrogens is 421 g/mol. The van der Waals surface area contributed by atoms with E-state index in [9.17, 15) is 14.3 Å². The number of alkyl halides is 1. The lowest BCUT2D eigenvalue weighted by Crippen LogP contribution is -2.29. The Morgan fingerprint density at radius 1 is 1.39 bits per heavy atom. The van der Waals surface area contributed by atoms with Gasteiger partial charge in [0.1, 0.15) is 23.5 Å². The van der Waals surface area contributed by atoms with Crippen LogP contribution in [0.2, 0.25) is 5.15 Å². The van der Waals surface area contributed by atoms with Crippen LogP contribution in [0.1, 0.15) is 35.0 Å². The molecule has 0 aromatic carbocycles. The van der Waals surface area contributed by atoms with Crippen LogP contribution < -0.4 is 5.32 Å². The highest BCUT2D eigenvalue weighted by Gasteiger charge is 2.41. The van der Waals surface area contributed by atoms with E-state index in [-0.39, 0.29) is 29.8 Å². The normalized spacial score (nSPS) is 23.1. The van der Waals surface area contributed by atoms with Gasteiger partial charge in [0.25, 0.3) is 0 Å². The molecule has 0 aliphatic heterocycles. The Morgan fingerprint density at radius 3 is 2.97 bits per heavy atom. The molecule has 0 saturated heterocycles. The van der Waals surface area contributed by atoms with Gasteiger partial charge in [-0.25, -0.2) is 19.3 Å². The molecule has 2 N–H and O–H groups in total. The van der Waals surface area contributed by atoms with Crippen LogP contribution in [0.15, 0.2) is 49.2 Å². The van der Waals surface area contributed by atoms with Crippen molar-refractivity contribution in [2.24, 2.45) is 11.8 Å². The number of aliphatic hydroxyl groups excluding tert-OH is 1.